The number of piperidine rings is 1. The van der Waals surface area contributed by atoms with Gasteiger partial charge in [-0.1, -0.05) is 13.8 Å². The Labute approximate surface area is 138 Å². The third kappa shape index (κ3) is 5.06. The molecule has 5 nitrogen and oxygen atoms in total. The molecule has 1 heterocycles. The molecule has 1 saturated heterocycles. The molecule has 0 saturated carbocycles. The summed E-state index contributed by atoms with van der Waals surface area (Å²) in [6.45, 7) is 9.87. The van der Waals surface area contributed by atoms with Crippen molar-refractivity contribution in [3.63, 3.8) is 0 Å². The van der Waals surface area contributed by atoms with E-state index in [1.54, 1.807) is 24.3 Å². The Bertz CT molecular complexity index is 546. The topological polar surface area (TPSA) is 61.4 Å². The van der Waals surface area contributed by atoms with Gasteiger partial charge in [-0.3, -0.25) is 14.5 Å². The van der Waals surface area contributed by atoms with Crippen molar-refractivity contribution in [2.24, 2.45) is 11.8 Å². The van der Waals surface area contributed by atoms with Gasteiger partial charge in [0.05, 0.1) is 6.04 Å². The fourth-order valence-electron chi connectivity index (χ4n) is 3.28. The van der Waals surface area contributed by atoms with Crippen molar-refractivity contribution in [2.45, 2.75) is 40.2 Å². The molecule has 5 heteroatoms. The van der Waals surface area contributed by atoms with Crippen LogP contribution in [-0.4, -0.2) is 35.8 Å². The lowest BCUT2D eigenvalue weighted by molar-refractivity contribution is -0.121. The zero-order chi connectivity index (χ0) is 17.0. The van der Waals surface area contributed by atoms with Crippen LogP contribution in [0, 0.1) is 11.8 Å². The maximum Gasteiger partial charge on any atom is 0.241 e. The van der Waals surface area contributed by atoms with Gasteiger partial charge in [-0.2, -0.15) is 0 Å². The van der Waals surface area contributed by atoms with Crippen LogP contribution in [0.4, 0.5) is 11.4 Å². The van der Waals surface area contributed by atoms with Crippen molar-refractivity contribution >= 4 is 23.2 Å². The minimum absolute atomic E-state index is 0.0126. The summed E-state index contributed by atoms with van der Waals surface area (Å²) in [5.41, 5.74) is 1.47. The Kier molecular flexibility index (Phi) is 5.77. The second kappa shape index (κ2) is 7.59. The lowest BCUT2D eigenvalue weighted by Gasteiger charge is -2.38. The van der Waals surface area contributed by atoms with E-state index in [1.165, 1.54) is 13.3 Å². The molecule has 0 unspecified atom stereocenters. The second-order valence-corrected chi connectivity index (χ2v) is 6.82. The lowest BCUT2D eigenvalue weighted by atomic mass is 9.91. The van der Waals surface area contributed by atoms with Crippen molar-refractivity contribution in [2.75, 3.05) is 23.7 Å². The third-order valence-corrected chi connectivity index (χ3v) is 4.30. The van der Waals surface area contributed by atoms with Crippen molar-refractivity contribution in [3.05, 3.63) is 24.3 Å². The standard InChI is InChI=1S/C18H27N3O2/c1-12-9-13(2)11-21(10-12)14(3)18(23)20-17-7-5-16(6-8-17)19-15(4)22/h5-8,12-14H,9-11H2,1-4H3,(H,19,22)(H,20,23)/t12-,13-,14+/m1/s1. The van der Waals surface area contributed by atoms with E-state index in [1.807, 2.05) is 6.92 Å². The zero-order valence-corrected chi connectivity index (χ0v) is 14.4. The van der Waals surface area contributed by atoms with E-state index >= 15 is 0 Å². The second-order valence-electron chi connectivity index (χ2n) is 6.82. The molecule has 23 heavy (non-hydrogen) atoms. The summed E-state index contributed by atoms with van der Waals surface area (Å²) in [6, 6.07) is 7.03. The quantitative estimate of drug-likeness (QED) is 0.897. The molecule has 2 N–H and O–H groups in total. The monoisotopic (exact) mass is 317 g/mol. The summed E-state index contributed by atoms with van der Waals surface area (Å²) in [6.07, 6.45) is 1.23. The average molecular weight is 317 g/mol. The van der Waals surface area contributed by atoms with Gasteiger partial charge in [0.2, 0.25) is 11.8 Å². The molecule has 0 aliphatic carbocycles. The molecular weight excluding hydrogens is 290 g/mol. The van der Waals surface area contributed by atoms with Crippen LogP contribution < -0.4 is 10.6 Å². The van der Waals surface area contributed by atoms with Crippen LogP contribution in [0.2, 0.25) is 0 Å². The van der Waals surface area contributed by atoms with Gasteiger partial charge in [0.1, 0.15) is 0 Å². The Balaban J connectivity index is 1.94. The number of rotatable bonds is 4. The van der Waals surface area contributed by atoms with E-state index in [9.17, 15) is 9.59 Å². The van der Waals surface area contributed by atoms with Gasteiger partial charge >= 0.3 is 0 Å². The Morgan fingerprint density at radius 2 is 1.52 bits per heavy atom. The van der Waals surface area contributed by atoms with Gasteiger partial charge in [0.15, 0.2) is 0 Å². The fourth-order valence-corrected chi connectivity index (χ4v) is 3.28. The van der Waals surface area contributed by atoms with Gasteiger partial charge in [0, 0.05) is 31.4 Å². The SMILES string of the molecule is CC(=O)Nc1ccc(NC(=O)[C@H](C)N2C[C@H](C)C[C@@H](C)C2)cc1. The van der Waals surface area contributed by atoms with Crippen LogP contribution in [0.3, 0.4) is 0 Å². The maximum atomic E-state index is 12.5. The van der Waals surface area contributed by atoms with Crippen LogP contribution in [-0.2, 0) is 9.59 Å². The van der Waals surface area contributed by atoms with Gasteiger partial charge in [-0.15, -0.1) is 0 Å². The third-order valence-electron chi connectivity index (χ3n) is 4.30. The minimum Gasteiger partial charge on any atom is -0.326 e. The highest BCUT2D eigenvalue weighted by Crippen LogP contribution is 2.23. The molecular formula is C18H27N3O2. The molecule has 0 spiro atoms. The largest absolute Gasteiger partial charge is 0.326 e. The molecule has 0 bridgehead atoms. The number of benzene rings is 1. The maximum absolute atomic E-state index is 12.5. The highest BCUT2D eigenvalue weighted by atomic mass is 16.2. The van der Waals surface area contributed by atoms with Gasteiger partial charge < -0.3 is 10.6 Å². The van der Waals surface area contributed by atoms with E-state index in [-0.39, 0.29) is 17.9 Å². The summed E-state index contributed by atoms with van der Waals surface area (Å²) in [5, 5.41) is 5.67. The Morgan fingerprint density at radius 3 is 2.00 bits per heavy atom. The van der Waals surface area contributed by atoms with Crippen molar-refractivity contribution in [1.29, 1.82) is 0 Å². The zero-order valence-electron chi connectivity index (χ0n) is 14.4. The number of anilines is 2. The highest BCUT2D eigenvalue weighted by Gasteiger charge is 2.28. The number of amides is 2. The van der Waals surface area contributed by atoms with Gasteiger partial charge in [0.25, 0.3) is 0 Å². The summed E-state index contributed by atoms with van der Waals surface area (Å²) >= 11 is 0. The van der Waals surface area contributed by atoms with Crippen molar-refractivity contribution < 1.29 is 9.59 Å². The first-order chi connectivity index (χ1) is 10.8. The normalized spacial score (nSPS) is 23.1. The molecule has 3 atom stereocenters. The first kappa shape index (κ1) is 17.5. The molecule has 126 valence electrons. The average Bonchev–Trinajstić information content (AvgIpc) is 2.47. The van der Waals surface area contributed by atoms with Crippen LogP contribution in [0.15, 0.2) is 24.3 Å². The van der Waals surface area contributed by atoms with Crippen LogP contribution in [0.5, 0.6) is 0 Å². The van der Waals surface area contributed by atoms with E-state index in [2.05, 4.69) is 29.4 Å². The summed E-state index contributed by atoms with van der Waals surface area (Å²) in [7, 11) is 0. The smallest absolute Gasteiger partial charge is 0.241 e. The van der Waals surface area contributed by atoms with Gasteiger partial charge in [-0.05, 0) is 49.4 Å². The molecule has 1 aromatic carbocycles. The first-order valence-corrected chi connectivity index (χ1v) is 8.27. The van der Waals surface area contributed by atoms with E-state index in [0.29, 0.717) is 11.8 Å². The summed E-state index contributed by atoms with van der Waals surface area (Å²) in [5.74, 6) is 1.17. The van der Waals surface area contributed by atoms with E-state index in [4.69, 9.17) is 0 Å². The molecule has 1 fully saturated rings. The van der Waals surface area contributed by atoms with Crippen LogP contribution in [0.1, 0.15) is 34.1 Å². The molecule has 1 aromatic rings. The number of hydrogen-bond donors (Lipinski definition) is 2. The molecule has 1 aliphatic rings. The molecule has 0 radical (unpaired) electrons. The minimum atomic E-state index is -0.143. The Hall–Kier alpha value is -1.88. The van der Waals surface area contributed by atoms with Gasteiger partial charge in [-0.25, -0.2) is 0 Å². The summed E-state index contributed by atoms with van der Waals surface area (Å²) in [4.78, 5) is 25.7. The molecule has 2 amide bonds. The molecule has 1 aliphatic heterocycles. The predicted octanol–water partition coefficient (Wildman–Crippen LogP) is 2.95. The van der Waals surface area contributed by atoms with Crippen LogP contribution >= 0.6 is 0 Å². The lowest BCUT2D eigenvalue weighted by Crippen LogP contribution is -2.48. The Morgan fingerprint density at radius 1 is 1.04 bits per heavy atom. The van der Waals surface area contributed by atoms with E-state index < -0.39 is 0 Å². The molecule has 0 aromatic heterocycles. The number of hydrogen-bond acceptors (Lipinski definition) is 3. The number of likely N-dealkylation sites (tertiary alicyclic amines) is 1. The number of carbonyl (C=O) groups is 2. The fraction of sp³-hybridized carbons (Fsp3) is 0.556. The van der Waals surface area contributed by atoms with Crippen LogP contribution in [0.25, 0.3) is 0 Å². The first-order valence-electron chi connectivity index (χ1n) is 8.27. The molecule has 2 rings (SSSR count). The van der Waals surface area contributed by atoms with E-state index in [0.717, 1.165) is 24.5 Å². The van der Waals surface area contributed by atoms with Crippen molar-refractivity contribution in [1.82, 2.24) is 4.90 Å². The predicted molar refractivity (Wildman–Crippen MR) is 93.4 cm³/mol. The van der Waals surface area contributed by atoms with Crippen molar-refractivity contribution in [3.8, 4) is 0 Å². The highest BCUT2D eigenvalue weighted by molar-refractivity contribution is 5.95. The number of nitrogens with zero attached hydrogens (tertiary/aromatic N) is 1. The number of carbonyl (C=O) groups excluding carboxylic acids is 2. The summed E-state index contributed by atoms with van der Waals surface area (Å²) < 4.78 is 0. The number of nitrogens with one attached hydrogen (secondary N) is 2.